The van der Waals surface area contributed by atoms with E-state index in [4.69, 9.17) is 9.47 Å². The zero-order valence-electron chi connectivity index (χ0n) is 18.4. The van der Waals surface area contributed by atoms with Crippen LogP contribution in [-0.2, 0) is 21.3 Å². The lowest BCUT2D eigenvalue weighted by Crippen LogP contribution is -2.37. The Labute approximate surface area is 193 Å². The predicted octanol–water partition coefficient (Wildman–Crippen LogP) is 2.82. The number of para-hydroxylation sites is 1. The number of methoxy groups -OCH3 is 1. The monoisotopic (exact) mass is 470 g/mol. The maximum atomic E-state index is 13.6. The summed E-state index contributed by atoms with van der Waals surface area (Å²) in [4.78, 5) is 27.8. The molecule has 2 amide bonds. The molecule has 1 saturated heterocycles. The Kier molecular flexibility index (Phi) is 5.62. The number of rotatable bonds is 7. The van der Waals surface area contributed by atoms with Crippen LogP contribution in [0.2, 0.25) is 0 Å². The van der Waals surface area contributed by atoms with Gasteiger partial charge in [0.15, 0.2) is 0 Å². The third-order valence-corrected chi connectivity index (χ3v) is 8.24. The number of hydrogen-bond donors (Lipinski definition) is 0. The summed E-state index contributed by atoms with van der Waals surface area (Å²) in [5, 5.41) is 0. The highest BCUT2D eigenvalue weighted by molar-refractivity contribution is 7.90. The Morgan fingerprint density at radius 1 is 1.18 bits per heavy atom. The van der Waals surface area contributed by atoms with Crippen molar-refractivity contribution >= 4 is 21.8 Å². The van der Waals surface area contributed by atoms with Gasteiger partial charge >= 0.3 is 0 Å². The molecule has 0 N–H and O–H groups in total. The van der Waals surface area contributed by atoms with E-state index in [0.29, 0.717) is 38.3 Å². The van der Waals surface area contributed by atoms with Crippen LogP contribution in [0.4, 0.5) is 0 Å². The SMILES string of the molecule is COc1ccccc1CN(CC1CCCO1)C(=O)c1ccc2c(c1)S(=O)(=O)N(C1CC1)C2=O. The number of nitrogens with zero attached hydrogens (tertiary/aromatic N) is 2. The predicted molar refractivity (Wildman–Crippen MR) is 120 cm³/mol. The van der Waals surface area contributed by atoms with Crippen LogP contribution in [0.5, 0.6) is 5.75 Å². The molecule has 2 aromatic rings. The fraction of sp³-hybridized carbons (Fsp3) is 0.417. The molecule has 2 aromatic carbocycles. The minimum absolute atomic E-state index is 0.0752. The second kappa shape index (κ2) is 8.46. The number of carbonyl (C=O) groups is 2. The number of sulfonamides is 1. The van der Waals surface area contributed by atoms with Gasteiger partial charge in [-0.05, 0) is 49.9 Å². The standard InChI is InChI=1S/C24H26N2O6S/c1-31-21-7-3-2-5-17(21)14-25(15-19-6-4-12-32-19)23(27)16-8-11-20-22(13-16)33(29,30)26(24(20)28)18-9-10-18/h2-3,5,7-8,11,13,18-19H,4,6,9-10,12,14-15H2,1H3. The second-order valence-electron chi connectivity index (χ2n) is 8.68. The van der Waals surface area contributed by atoms with Crippen molar-refractivity contribution in [3.8, 4) is 5.75 Å². The van der Waals surface area contributed by atoms with Gasteiger partial charge in [-0.15, -0.1) is 0 Å². The van der Waals surface area contributed by atoms with E-state index in [1.54, 1.807) is 12.0 Å². The first-order valence-corrected chi connectivity index (χ1v) is 12.6. The fourth-order valence-corrected chi connectivity index (χ4v) is 6.37. The molecule has 1 aliphatic carbocycles. The average molecular weight is 471 g/mol. The van der Waals surface area contributed by atoms with Gasteiger partial charge in [0.1, 0.15) is 10.6 Å². The molecule has 8 nitrogen and oxygen atoms in total. The third-order valence-electron chi connectivity index (χ3n) is 6.36. The van der Waals surface area contributed by atoms with Crippen molar-refractivity contribution in [3.63, 3.8) is 0 Å². The lowest BCUT2D eigenvalue weighted by molar-refractivity contribution is 0.0505. The summed E-state index contributed by atoms with van der Waals surface area (Å²) >= 11 is 0. The van der Waals surface area contributed by atoms with Crippen molar-refractivity contribution in [2.45, 2.75) is 49.3 Å². The maximum absolute atomic E-state index is 13.6. The highest BCUT2D eigenvalue weighted by Crippen LogP contribution is 2.40. The molecule has 9 heteroatoms. The molecule has 1 atom stereocenters. The van der Waals surface area contributed by atoms with Crippen LogP contribution in [0.1, 0.15) is 52.0 Å². The molecule has 5 rings (SSSR count). The summed E-state index contributed by atoms with van der Waals surface area (Å²) in [6.45, 7) is 1.34. The molecule has 33 heavy (non-hydrogen) atoms. The van der Waals surface area contributed by atoms with Crippen LogP contribution < -0.4 is 4.74 Å². The molecule has 2 fully saturated rings. The fourth-order valence-electron chi connectivity index (χ4n) is 4.53. The minimum atomic E-state index is -3.94. The molecule has 0 aromatic heterocycles. The molecule has 1 unspecified atom stereocenters. The van der Waals surface area contributed by atoms with Gasteiger partial charge in [-0.3, -0.25) is 9.59 Å². The summed E-state index contributed by atoms with van der Waals surface area (Å²) in [5.74, 6) is -0.145. The number of ether oxygens (including phenoxy) is 2. The molecule has 3 aliphatic rings. The number of amides is 2. The molecule has 2 aliphatic heterocycles. The van der Waals surface area contributed by atoms with Crippen LogP contribution in [-0.4, -0.2) is 61.8 Å². The quantitative estimate of drug-likeness (QED) is 0.618. The number of hydrogen-bond acceptors (Lipinski definition) is 6. The van der Waals surface area contributed by atoms with Crippen LogP contribution in [0, 0.1) is 0 Å². The smallest absolute Gasteiger partial charge is 0.269 e. The summed E-state index contributed by atoms with van der Waals surface area (Å²) in [5.41, 5.74) is 1.21. The largest absolute Gasteiger partial charge is 0.496 e. The van der Waals surface area contributed by atoms with Crippen molar-refractivity contribution in [3.05, 3.63) is 59.2 Å². The number of fused-ring (bicyclic) bond motifs is 1. The van der Waals surface area contributed by atoms with E-state index >= 15 is 0 Å². The topological polar surface area (TPSA) is 93.2 Å². The van der Waals surface area contributed by atoms with E-state index < -0.39 is 15.9 Å². The van der Waals surface area contributed by atoms with Crippen LogP contribution in [0.25, 0.3) is 0 Å². The molecule has 0 radical (unpaired) electrons. The van der Waals surface area contributed by atoms with E-state index in [9.17, 15) is 18.0 Å². The number of benzene rings is 2. The summed E-state index contributed by atoms with van der Waals surface area (Å²) in [6, 6.07) is 11.6. The molecular weight excluding hydrogens is 444 g/mol. The molecule has 0 bridgehead atoms. The van der Waals surface area contributed by atoms with Crippen molar-refractivity contribution in [2.24, 2.45) is 0 Å². The van der Waals surface area contributed by atoms with E-state index in [0.717, 1.165) is 22.7 Å². The summed E-state index contributed by atoms with van der Waals surface area (Å²) in [6.07, 6.45) is 3.09. The van der Waals surface area contributed by atoms with Crippen molar-refractivity contribution in [2.75, 3.05) is 20.3 Å². The Bertz CT molecular complexity index is 1200. The number of carbonyl (C=O) groups excluding carboxylic acids is 2. The normalized spacial score (nSPS) is 21.2. The summed E-state index contributed by atoms with van der Waals surface area (Å²) < 4.78 is 38.2. The van der Waals surface area contributed by atoms with Gasteiger partial charge < -0.3 is 14.4 Å². The zero-order valence-corrected chi connectivity index (χ0v) is 19.2. The highest BCUT2D eigenvalue weighted by Gasteiger charge is 2.49. The second-order valence-corrected chi connectivity index (χ2v) is 10.5. The summed E-state index contributed by atoms with van der Waals surface area (Å²) in [7, 11) is -2.36. The Balaban J connectivity index is 1.47. The Morgan fingerprint density at radius 3 is 2.67 bits per heavy atom. The van der Waals surface area contributed by atoms with E-state index in [1.165, 1.54) is 18.2 Å². The van der Waals surface area contributed by atoms with Gasteiger partial charge in [-0.2, -0.15) is 0 Å². The van der Waals surface area contributed by atoms with Gasteiger partial charge in [-0.1, -0.05) is 18.2 Å². The minimum Gasteiger partial charge on any atom is -0.496 e. The van der Waals surface area contributed by atoms with E-state index in [2.05, 4.69) is 0 Å². The maximum Gasteiger partial charge on any atom is 0.269 e. The molecule has 2 heterocycles. The molecule has 0 spiro atoms. The first-order valence-electron chi connectivity index (χ1n) is 11.2. The van der Waals surface area contributed by atoms with E-state index in [1.807, 2.05) is 24.3 Å². The van der Waals surface area contributed by atoms with Crippen LogP contribution in [0.3, 0.4) is 0 Å². The van der Waals surface area contributed by atoms with E-state index in [-0.39, 0.29) is 34.1 Å². The van der Waals surface area contributed by atoms with Crippen molar-refractivity contribution < 1.29 is 27.5 Å². The van der Waals surface area contributed by atoms with Gasteiger partial charge in [0.25, 0.3) is 21.8 Å². The van der Waals surface area contributed by atoms with Crippen LogP contribution in [0.15, 0.2) is 47.4 Å². The van der Waals surface area contributed by atoms with Gasteiger partial charge in [0.05, 0.1) is 18.8 Å². The molecular formula is C24H26N2O6S. The third kappa shape index (κ3) is 4.00. The van der Waals surface area contributed by atoms with Gasteiger partial charge in [0, 0.05) is 36.9 Å². The first kappa shape index (κ1) is 21.9. The van der Waals surface area contributed by atoms with Crippen molar-refractivity contribution in [1.82, 2.24) is 9.21 Å². The Hall–Kier alpha value is -2.91. The lowest BCUT2D eigenvalue weighted by atomic mass is 10.1. The molecule has 174 valence electrons. The zero-order chi connectivity index (χ0) is 23.2. The van der Waals surface area contributed by atoms with Crippen molar-refractivity contribution in [1.29, 1.82) is 0 Å². The average Bonchev–Trinajstić information content (AvgIpc) is 3.46. The highest BCUT2D eigenvalue weighted by atomic mass is 32.2. The first-order chi connectivity index (χ1) is 15.9. The van der Waals surface area contributed by atoms with Gasteiger partial charge in [0.2, 0.25) is 0 Å². The van der Waals surface area contributed by atoms with Gasteiger partial charge in [-0.25, -0.2) is 12.7 Å². The lowest BCUT2D eigenvalue weighted by Gasteiger charge is -2.26. The molecule has 1 saturated carbocycles. The van der Waals surface area contributed by atoms with Crippen LogP contribution >= 0.6 is 0 Å². The Morgan fingerprint density at radius 2 is 1.97 bits per heavy atom.